The lowest BCUT2D eigenvalue weighted by atomic mass is 9.99. The quantitative estimate of drug-likeness (QED) is 0.610. The second kappa shape index (κ2) is 6.75. The summed E-state index contributed by atoms with van der Waals surface area (Å²) >= 11 is 1.91. The summed E-state index contributed by atoms with van der Waals surface area (Å²) < 4.78 is 0. The predicted octanol–water partition coefficient (Wildman–Crippen LogP) is 5.38. The maximum atomic E-state index is 2.35. The number of hydrogen-bond donors (Lipinski definition) is 0. The van der Waals surface area contributed by atoms with Crippen LogP contribution < -0.4 is 0 Å². The Morgan fingerprint density at radius 2 is 1.83 bits per heavy atom. The molecule has 0 fully saturated rings. The van der Waals surface area contributed by atoms with Crippen LogP contribution in [0.25, 0.3) is 0 Å². The highest BCUT2D eigenvalue weighted by Gasteiger charge is 2.08. The van der Waals surface area contributed by atoms with Crippen molar-refractivity contribution in [1.82, 2.24) is 0 Å². The molecule has 0 aliphatic carbocycles. The van der Waals surface area contributed by atoms with E-state index < -0.39 is 0 Å². The zero-order valence-corrected chi connectivity index (χ0v) is 12.2. The summed E-state index contributed by atoms with van der Waals surface area (Å²) in [5, 5.41) is 2.35. The maximum Gasteiger partial charge on any atom is 0.00491 e. The Bertz CT molecular complexity index is 468. The molecule has 18 heavy (non-hydrogen) atoms. The summed E-state index contributed by atoms with van der Waals surface area (Å²) in [5.41, 5.74) is 4.57. The Kier molecular flexibility index (Phi) is 5.00. The van der Waals surface area contributed by atoms with E-state index in [4.69, 9.17) is 0 Å². The Balaban J connectivity index is 2.08. The summed E-state index contributed by atoms with van der Waals surface area (Å²) in [6, 6.07) is 10.8. The number of hydrogen-bond acceptors (Lipinski definition) is 1. The van der Waals surface area contributed by atoms with Gasteiger partial charge in [-0.25, -0.2) is 0 Å². The van der Waals surface area contributed by atoms with Crippen LogP contribution >= 0.6 is 11.3 Å². The Morgan fingerprint density at radius 1 is 1.06 bits per heavy atom. The summed E-state index contributed by atoms with van der Waals surface area (Å²) in [6.07, 6.45) is 6.32. The molecule has 0 saturated carbocycles. The van der Waals surface area contributed by atoms with Crippen molar-refractivity contribution >= 4 is 11.3 Å². The van der Waals surface area contributed by atoms with E-state index in [2.05, 4.69) is 49.6 Å². The fraction of sp³-hybridized carbons (Fsp3) is 0.412. The van der Waals surface area contributed by atoms with Crippen LogP contribution in [0, 0.1) is 6.92 Å². The molecule has 1 aromatic heterocycles. The zero-order chi connectivity index (χ0) is 12.8. The molecule has 1 aromatic carbocycles. The van der Waals surface area contributed by atoms with Crippen molar-refractivity contribution in [3.05, 3.63) is 57.3 Å². The van der Waals surface area contributed by atoms with E-state index >= 15 is 0 Å². The van der Waals surface area contributed by atoms with Gasteiger partial charge in [0, 0.05) is 4.88 Å². The molecule has 0 nitrogen and oxygen atoms in total. The first kappa shape index (κ1) is 13.4. The molecule has 96 valence electrons. The van der Waals surface area contributed by atoms with Gasteiger partial charge in [-0.2, -0.15) is 0 Å². The minimum atomic E-state index is 1.09. The summed E-state index contributed by atoms with van der Waals surface area (Å²) in [4.78, 5) is 1.51. The number of thiophene rings is 1. The van der Waals surface area contributed by atoms with Crippen molar-refractivity contribution in [1.29, 1.82) is 0 Å². The third-order valence-corrected chi connectivity index (χ3v) is 4.46. The van der Waals surface area contributed by atoms with Crippen LogP contribution in [0.1, 0.15) is 47.8 Å². The van der Waals surface area contributed by atoms with Crippen LogP contribution in [0.3, 0.4) is 0 Å². The molecule has 0 aliphatic rings. The second-order valence-corrected chi connectivity index (χ2v) is 6.00. The van der Waals surface area contributed by atoms with Gasteiger partial charge in [0.15, 0.2) is 0 Å². The molecular weight excluding hydrogens is 236 g/mol. The normalized spacial score (nSPS) is 10.8. The van der Waals surface area contributed by atoms with Crippen molar-refractivity contribution in [2.45, 2.75) is 46.0 Å². The van der Waals surface area contributed by atoms with Crippen molar-refractivity contribution < 1.29 is 0 Å². The van der Waals surface area contributed by atoms with Gasteiger partial charge in [-0.05, 0) is 48.3 Å². The van der Waals surface area contributed by atoms with Crippen LogP contribution in [0.5, 0.6) is 0 Å². The molecule has 2 aromatic rings. The van der Waals surface area contributed by atoms with E-state index in [1.54, 1.807) is 11.1 Å². The molecular formula is C17H22S. The van der Waals surface area contributed by atoms with Gasteiger partial charge < -0.3 is 0 Å². The van der Waals surface area contributed by atoms with E-state index in [1.165, 1.54) is 36.1 Å². The number of rotatable bonds is 6. The van der Waals surface area contributed by atoms with Crippen LogP contribution in [0.4, 0.5) is 0 Å². The van der Waals surface area contributed by atoms with Gasteiger partial charge in [0.2, 0.25) is 0 Å². The smallest absolute Gasteiger partial charge is 0.00491 e. The van der Waals surface area contributed by atoms with E-state index in [-0.39, 0.29) is 0 Å². The van der Waals surface area contributed by atoms with Crippen LogP contribution in [-0.4, -0.2) is 0 Å². The molecule has 1 heteroatoms. The largest absolute Gasteiger partial charge is 0.149 e. The van der Waals surface area contributed by atoms with Gasteiger partial charge in [0.25, 0.3) is 0 Å². The first-order valence-electron chi connectivity index (χ1n) is 6.91. The highest BCUT2D eigenvalue weighted by molar-refractivity contribution is 7.10. The molecule has 2 rings (SSSR count). The zero-order valence-electron chi connectivity index (χ0n) is 11.4. The molecule has 0 saturated heterocycles. The number of aryl methyl sites for hydroxylation is 1. The highest BCUT2D eigenvalue weighted by Crippen LogP contribution is 2.26. The average Bonchev–Trinajstić information content (AvgIpc) is 2.73. The Labute approximate surface area is 115 Å². The lowest BCUT2D eigenvalue weighted by molar-refractivity contribution is 0.714. The van der Waals surface area contributed by atoms with Gasteiger partial charge in [-0.15, -0.1) is 11.3 Å². The van der Waals surface area contributed by atoms with Crippen LogP contribution in [0.15, 0.2) is 35.7 Å². The second-order valence-electron chi connectivity index (χ2n) is 4.92. The van der Waals surface area contributed by atoms with Gasteiger partial charge in [-0.1, -0.05) is 50.1 Å². The summed E-state index contributed by atoms with van der Waals surface area (Å²) in [7, 11) is 0. The molecule has 0 unspecified atom stereocenters. The number of benzene rings is 1. The minimum absolute atomic E-state index is 1.09. The van der Waals surface area contributed by atoms with Gasteiger partial charge in [0.05, 0.1) is 0 Å². The maximum absolute atomic E-state index is 2.35. The summed E-state index contributed by atoms with van der Waals surface area (Å²) in [6.45, 7) is 4.53. The lowest BCUT2D eigenvalue weighted by Crippen LogP contribution is -1.94. The summed E-state index contributed by atoms with van der Waals surface area (Å²) in [5.74, 6) is 0. The van der Waals surface area contributed by atoms with Crippen LogP contribution in [-0.2, 0) is 12.8 Å². The van der Waals surface area contributed by atoms with Crippen molar-refractivity contribution in [2.75, 3.05) is 0 Å². The van der Waals surface area contributed by atoms with Gasteiger partial charge in [0.1, 0.15) is 0 Å². The van der Waals surface area contributed by atoms with Crippen molar-refractivity contribution in [2.24, 2.45) is 0 Å². The average molecular weight is 258 g/mol. The SMILES string of the molecule is CCCCCc1c(Cc2ccccc2)csc1C. The molecule has 0 bridgehead atoms. The molecule has 0 spiro atoms. The highest BCUT2D eigenvalue weighted by atomic mass is 32.1. The predicted molar refractivity (Wildman–Crippen MR) is 81.5 cm³/mol. The third kappa shape index (κ3) is 3.46. The van der Waals surface area contributed by atoms with E-state index in [1.807, 2.05) is 11.3 Å². The van der Waals surface area contributed by atoms with Gasteiger partial charge >= 0.3 is 0 Å². The topological polar surface area (TPSA) is 0 Å². The minimum Gasteiger partial charge on any atom is -0.149 e. The Morgan fingerprint density at radius 3 is 2.56 bits per heavy atom. The molecule has 0 N–H and O–H groups in total. The molecule has 0 aliphatic heterocycles. The molecule has 0 amide bonds. The first-order valence-corrected chi connectivity index (χ1v) is 7.79. The Hall–Kier alpha value is -1.08. The van der Waals surface area contributed by atoms with Crippen LogP contribution in [0.2, 0.25) is 0 Å². The lowest BCUT2D eigenvalue weighted by Gasteiger charge is -2.06. The van der Waals surface area contributed by atoms with E-state index in [0.29, 0.717) is 0 Å². The third-order valence-electron chi connectivity index (χ3n) is 3.46. The molecule has 1 heterocycles. The van der Waals surface area contributed by atoms with E-state index in [9.17, 15) is 0 Å². The first-order chi connectivity index (χ1) is 8.81. The monoisotopic (exact) mass is 258 g/mol. The van der Waals surface area contributed by atoms with Gasteiger partial charge in [-0.3, -0.25) is 0 Å². The standard InChI is InChI=1S/C17H22S/c1-3-4-6-11-17-14(2)18-13-16(17)12-15-9-7-5-8-10-15/h5,7-10,13H,3-4,6,11-12H2,1-2H3. The molecule has 0 atom stereocenters. The fourth-order valence-electron chi connectivity index (χ4n) is 2.38. The van der Waals surface area contributed by atoms with E-state index in [0.717, 1.165) is 6.42 Å². The van der Waals surface area contributed by atoms with Crippen molar-refractivity contribution in [3.8, 4) is 0 Å². The fourth-order valence-corrected chi connectivity index (χ4v) is 3.30. The number of unbranched alkanes of at least 4 members (excludes halogenated alkanes) is 2. The van der Waals surface area contributed by atoms with Crippen molar-refractivity contribution in [3.63, 3.8) is 0 Å². The molecule has 0 radical (unpaired) electrons.